The molecule has 0 aliphatic carbocycles. The third-order valence-corrected chi connectivity index (χ3v) is 3.72. The van der Waals surface area contributed by atoms with Crippen molar-refractivity contribution in [2.45, 2.75) is 6.04 Å². The average Bonchev–Trinajstić information content (AvgIpc) is 2.67. The molecular formula is C19H16FN3O2. The van der Waals surface area contributed by atoms with Gasteiger partial charge in [-0.2, -0.15) is 0 Å². The lowest BCUT2D eigenvalue weighted by molar-refractivity contribution is 0.0937. The first-order chi connectivity index (χ1) is 12.2. The number of pyridine rings is 2. The predicted octanol–water partition coefficient (Wildman–Crippen LogP) is 3.14. The fourth-order valence-corrected chi connectivity index (χ4v) is 2.44. The molecule has 2 aromatic heterocycles. The lowest BCUT2D eigenvalue weighted by Gasteiger charge is -2.19. The van der Waals surface area contributed by atoms with Crippen molar-refractivity contribution in [3.63, 3.8) is 0 Å². The molecule has 5 nitrogen and oxygen atoms in total. The average molecular weight is 337 g/mol. The van der Waals surface area contributed by atoms with Crippen LogP contribution in [0.5, 0.6) is 5.75 Å². The van der Waals surface area contributed by atoms with E-state index in [0.717, 1.165) is 11.1 Å². The van der Waals surface area contributed by atoms with Crippen molar-refractivity contribution < 1.29 is 13.9 Å². The number of amides is 1. The van der Waals surface area contributed by atoms with Gasteiger partial charge in [0.05, 0.1) is 13.2 Å². The Bertz CT molecular complexity index is 854. The van der Waals surface area contributed by atoms with Crippen LogP contribution in [0.4, 0.5) is 4.39 Å². The van der Waals surface area contributed by atoms with Crippen molar-refractivity contribution >= 4 is 5.91 Å². The molecule has 1 N–H and O–H groups in total. The number of aromatic nitrogens is 2. The number of carbonyl (C=O) groups is 1. The zero-order valence-corrected chi connectivity index (χ0v) is 13.5. The molecule has 6 heteroatoms. The van der Waals surface area contributed by atoms with Crippen LogP contribution in [0.2, 0.25) is 0 Å². The Labute approximate surface area is 144 Å². The van der Waals surface area contributed by atoms with Gasteiger partial charge in [-0.25, -0.2) is 4.39 Å². The van der Waals surface area contributed by atoms with Crippen LogP contribution < -0.4 is 10.1 Å². The highest BCUT2D eigenvalue weighted by Gasteiger charge is 2.19. The zero-order valence-electron chi connectivity index (χ0n) is 13.5. The minimum absolute atomic E-state index is 0.237. The number of nitrogens with one attached hydrogen (secondary N) is 1. The van der Waals surface area contributed by atoms with E-state index in [4.69, 9.17) is 4.74 Å². The Balaban J connectivity index is 1.92. The fourth-order valence-electron chi connectivity index (χ4n) is 2.44. The summed E-state index contributed by atoms with van der Waals surface area (Å²) in [6.45, 7) is 0. The van der Waals surface area contributed by atoms with E-state index in [9.17, 15) is 9.18 Å². The number of nitrogens with zero attached hydrogens (tertiary/aromatic N) is 2. The summed E-state index contributed by atoms with van der Waals surface area (Å²) in [6, 6.07) is 12.4. The quantitative estimate of drug-likeness (QED) is 0.777. The monoisotopic (exact) mass is 337 g/mol. The highest BCUT2D eigenvalue weighted by Crippen LogP contribution is 2.22. The van der Waals surface area contributed by atoms with E-state index in [2.05, 4.69) is 15.3 Å². The van der Waals surface area contributed by atoms with Gasteiger partial charge < -0.3 is 10.1 Å². The molecule has 0 radical (unpaired) electrons. The molecule has 1 aromatic carbocycles. The SMILES string of the molecule is COc1ccnc(C(=O)N[C@H](c2ccncc2)c2ccc(F)cc2)c1. The maximum atomic E-state index is 13.2. The van der Waals surface area contributed by atoms with Gasteiger partial charge >= 0.3 is 0 Å². The first kappa shape index (κ1) is 16.6. The molecule has 3 aromatic rings. The van der Waals surface area contributed by atoms with E-state index >= 15 is 0 Å². The van der Waals surface area contributed by atoms with Crippen LogP contribution in [-0.4, -0.2) is 23.0 Å². The van der Waals surface area contributed by atoms with E-state index in [1.807, 2.05) is 0 Å². The van der Waals surface area contributed by atoms with Crippen molar-refractivity contribution in [3.8, 4) is 5.75 Å². The van der Waals surface area contributed by atoms with E-state index in [1.165, 1.54) is 25.4 Å². The second-order valence-corrected chi connectivity index (χ2v) is 5.32. The molecule has 25 heavy (non-hydrogen) atoms. The number of carbonyl (C=O) groups excluding carboxylic acids is 1. The van der Waals surface area contributed by atoms with E-state index in [1.54, 1.807) is 48.8 Å². The highest BCUT2D eigenvalue weighted by atomic mass is 19.1. The van der Waals surface area contributed by atoms with E-state index < -0.39 is 6.04 Å². The standard InChI is InChI=1S/C19H16FN3O2/c1-25-16-8-11-22-17(12-16)19(24)23-18(14-6-9-21-10-7-14)13-2-4-15(20)5-3-13/h2-12,18H,1H3,(H,23,24)/t18-/m0/s1. The van der Waals surface area contributed by atoms with Crippen LogP contribution in [0.1, 0.15) is 27.7 Å². The number of hydrogen-bond acceptors (Lipinski definition) is 4. The number of rotatable bonds is 5. The van der Waals surface area contributed by atoms with Gasteiger partial charge in [0.15, 0.2) is 0 Å². The van der Waals surface area contributed by atoms with Gasteiger partial charge in [-0.05, 0) is 41.5 Å². The lowest BCUT2D eigenvalue weighted by Crippen LogP contribution is -2.30. The number of benzene rings is 1. The molecule has 0 aliphatic rings. The Kier molecular flexibility index (Phi) is 4.99. The van der Waals surface area contributed by atoms with Gasteiger partial charge in [0.2, 0.25) is 0 Å². The molecular weight excluding hydrogens is 321 g/mol. The summed E-state index contributed by atoms with van der Waals surface area (Å²) in [6.07, 6.45) is 4.79. The molecule has 0 fully saturated rings. The smallest absolute Gasteiger partial charge is 0.270 e. The van der Waals surface area contributed by atoms with Crippen LogP contribution in [0.15, 0.2) is 67.1 Å². The van der Waals surface area contributed by atoms with Gasteiger partial charge in [0, 0.05) is 24.7 Å². The Morgan fingerprint density at radius 1 is 1.04 bits per heavy atom. The van der Waals surface area contributed by atoms with E-state index in [0.29, 0.717) is 5.75 Å². The summed E-state index contributed by atoms with van der Waals surface area (Å²) in [4.78, 5) is 20.7. The molecule has 1 amide bonds. The largest absolute Gasteiger partial charge is 0.497 e. The molecule has 1 atom stereocenters. The van der Waals surface area contributed by atoms with Crippen LogP contribution in [0, 0.1) is 5.82 Å². The van der Waals surface area contributed by atoms with Gasteiger partial charge in [-0.15, -0.1) is 0 Å². The van der Waals surface area contributed by atoms with Gasteiger partial charge in [-0.1, -0.05) is 12.1 Å². The molecule has 126 valence electrons. The van der Waals surface area contributed by atoms with Gasteiger partial charge in [0.1, 0.15) is 17.3 Å². The number of ether oxygens (including phenoxy) is 1. The van der Waals surface area contributed by atoms with Crippen LogP contribution in [-0.2, 0) is 0 Å². The maximum Gasteiger partial charge on any atom is 0.270 e. The highest BCUT2D eigenvalue weighted by molar-refractivity contribution is 5.93. The number of hydrogen-bond donors (Lipinski definition) is 1. The third-order valence-electron chi connectivity index (χ3n) is 3.72. The Morgan fingerprint density at radius 2 is 1.72 bits per heavy atom. The van der Waals surface area contributed by atoms with Crippen LogP contribution >= 0.6 is 0 Å². The summed E-state index contributed by atoms with van der Waals surface area (Å²) >= 11 is 0. The summed E-state index contributed by atoms with van der Waals surface area (Å²) in [5, 5.41) is 2.93. The Hall–Kier alpha value is -3.28. The van der Waals surface area contributed by atoms with Crippen molar-refractivity contribution in [1.29, 1.82) is 0 Å². The first-order valence-electron chi connectivity index (χ1n) is 7.63. The van der Waals surface area contributed by atoms with Crippen molar-refractivity contribution in [2.75, 3.05) is 7.11 Å². The summed E-state index contributed by atoms with van der Waals surface area (Å²) < 4.78 is 18.4. The molecule has 2 heterocycles. The van der Waals surface area contributed by atoms with Crippen molar-refractivity contribution in [3.05, 3.63) is 89.8 Å². The van der Waals surface area contributed by atoms with Crippen molar-refractivity contribution in [1.82, 2.24) is 15.3 Å². The zero-order chi connectivity index (χ0) is 17.6. The normalized spacial score (nSPS) is 11.6. The molecule has 0 spiro atoms. The first-order valence-corrected chi connectivity index (χ1v) is 7.63. The second-order valence-electron chi connectivity index (χ2n) is 5.32. The van der Waals surface area contributed by atoms with E-state index in [-0.39, 0.29) is 17.4 Å². The fraction of sp³-hybridized carbons (Fsp3) is 0.105. The summed E-state index contributed by atoms with van der Waals surface area (Å²) in [7, 11) is 1.52. The predicted molar refractivity (Wildman–Crippen MR) is 90.7 cm³/mol. The maximum absolute atomic E-state index is 13.2. The topological polar surface area (TPSA) is 64.1 Å². The molecule has 3 rings (SSSR count). The lowest BCUT2D eigenvalue weighted by atomic mass is 9.99. The van der Waals surface area contributed by atoms with Crippen LogP contribution in [0.25, 0.3) is 0 Å². The summed E-state index contributed by atoms with van der Waals surface area (Å²) in [5.74, 6) is -0.148. The van der Waals surface area contributed by atoms with Crippen molar-refractivity contribution in [2.24, 2.45) is 0 Å². The minimum atomic E-state index is -0.455. The molecule has 0 bridgehead atoms. The number of methoxy groups -OCH3 is 1. The Morgan fingerprint density at radius 3 is 2.40 bits per heavy atom. The minimum Gasteiger partial charge on any atom is -0.497 e. The third kappa shape index (κ3) is 3.98. The molecule has 0 unspecified atom stereocenters. The van der Waals surface area contributed by atoms with Crippen LogP contribution in [0.3, 0.4) is 0 Å². The van der Waals surface area contributed by atoms with Gasteiger partial charge in [-0.3, -0.25) is 14.8 Å². The second kappa shape index (κ2) is 7.53. The molecule has 0 saturated carbocycles. The number of halogens is 1. The summed E-state index contributed by atoms with van der Waals surface area (Å²) in [5.41, 5.74) is 1.82. The molecule has 0 saturated heterocycles. The molecule has 0 aliphatic heterocycles. The van der Waals surface area contributed by atoms with Gasteiger partial charge in [0.25, 0.3) is 5.91 Å².